The summed E-state index contributed by atoms with van der Waals surface area (Å²) in [5.74, 6) is 5.75. The molecule has 342 valence electrons. The third-order valence-electron chi connectivity index (χ3n) is 13.6. The standard InChI is InChI=1S/C58H40N2O10/c1-3-37(59(39-5-10-46-53(29-39)65-19-15-61-46)40-6-11-47-54(30-40)66-20-16-62-47)23-35-27-51-44(25-33(1)35)43-9-14-50-57(58(43)70-51)45-26-34-2-4-38(24-36(34)28-52(45)69-50)60(41-7-12-48-55(31-41)67-21-17-63-48)42-8-13-49-56(32-42)68-22-18-64-49/h1-14,23-32H,15-22H2. The van der Waals surface area contributed by atoms with E-state index >= 15 is 0 Å². The van der Waals surface area contributed by atoms with E-state index in [2.05, 4.69) is 107 Å². The van der Waals surface area contributed by atoms with Crippen molar-refractivity contribution in [1.82, 2.24) is 0 Å². The molecule has 15 rings (SSSR count). The van der Waals surface area contributed by atoms with Gasteiger partial charge < -0.3 is 56.5 Å². The van der Waals surface area contributed by atoms with Gasteiger partial charge in [-0.25, -0.2) is 0 Å². The van der Waals surface area contributed by atoms with E-state index in [4.69, 9.17) is 46.7 Å². The van der Waals surface area contributed by atoms with Crippen LogP contribution in [0.1, 0.15) is 0 Å². The lowest BCUT2D eigenvalue weighted by molar-refractivity contribution is 0.171. The summed E-state index contributed by atoms with van der Waals surface area (Å²) < 4.78 is 61.2. The van der Waals surface area contributed by atoms with E-state index in [-0.39, 0.29) is 0 Å². The van der Waals surface area contributed by atoms with Gasteiger partial charge in [0.25, 0.3) is 0 Å². The van der Waals surface area contributed by atoms with Gasteiger partial charge in [-0.3, -0.25) is 0 Å². The molecule has 70 heavy (non-hydrogen) atoms. The number of rotatable bonds is 6. The van der Waals surface area contributed by atoms with Crippen LogP contribution in [0.5, 0.6) is 46.0 Å². The highest BCUT2D eigenvalue weighted by molar-refractivity contribution is 6.24. The smallest absolute Gasteiger partial charge is 0.163 e. The molecule has 9 aromatic carbocycles. The minimum absolute atomic E-state index is 0.495. The minimum atomic E-state index is 0.495. The van der Waals surface area contributed by atoms with Crippen LogP contribution in [-0.2, 0) is 0 Å². The van der Waals surface area contributed by atoms with Crippen LogP contribution in [0, 0.1) is 0 Å². The monoisotopic (exact) mass is 924 g/mol. The van der Waals surface area contributed by atoms with Gasteiger partial charge in [0.1, 0.15) is 75.2 Å². The van der Waals surface area contributed by atoms with Crippen molar-refractivity contribution in [3.05, 3.63) is 146 Å². The summed E-state index contributed by atoms with van der Waals surface area (Å²) in [5, 5.41) is 8.18. The Balaban J connectivity index is 0.835. The fraction of sp³-hybridized carbons (Fsp3) is 0.138. The van der Waals surface area contributed by atoms with Crippen molar-refractivity contribution >= 4 is 99.5 Å². The van der Waals surface area contributed by atoms with Gasteiger partial charge in [0, 0.05) is 51.8 Å². The molecule has 0 spiro atoms. The van der Waals surface area contributed by atoms with Crippen LogP contribution >= 0.6 is 0 Å². The largest absolute Gasteiger partial charge is 0.486 e. The molecule has 0 fully saturated rings. The molecule has 0 saturated carbocycles. The second-order valence-corrected chi connectivity index (χ2v) is 17.8. The molecule has 4 aliphatic heterocycles. The second kappa shape index (κ2) is 15.3. The number of furan rings is 2. The molecule has 11 aromatic rings. The van der Waals surface area contributed by atoms with Crippen molar-refractivity contribution in [2.24, 2.45) is 0 Å². The zero-order chi connectivity index (χ0) is 45.9. The summed E-state index contributed by atoms with van der Waals surface area (Å²) >= 11 is 0. The molecule has 0 aliphatic carbocycles. The molecule has 0 saturated heterocycles. The molecule has 0 amide bonds. The van der Waals surface area contributed by atoms with Gasteiger partial charge in [0.15, 0.2) is 46.0 Å². The zero-order valence-corrected chi connectivity index (χ0v) is 37.5. The third-order valence-corrected chi connectivity index (χ3v) is 13.6. The second-order valence-electron chi connectivity index (χ2n) is 17.8. The topological polar surface area (TPSA) is 107 Å². The van der Waals surface area contributed by atoms with E-state index in [1.807, 2.05) is 48.5 Å². The molecule has 12 nitrogen and oxygen atoms in total. The van der Waals surface area contributed by atoms with Gasteiger partial charge in [0.05, 0.1) is 28.1 Å². The molecular formula is C58H40N2O10. The third kappa shape index (κ3) is 6.29. The maximum atomic E-state index is 6.89. The van der Waals surface area contributed by atoms with Crippen molar-refractivity contribution in [1.29, 1.82) is 0 Å². The lowest BCUT2D eigenvalue weighted by atomic mass is 10.0. The maximum Gasteiger partial charge on any atom is 0.163 e. The predicted octanol–water partition coefficient (Wildman–Crippen LogP) is 13.8. The normalized spacial score (nSPS) is 14.7. The molecular weight excluding hydrogens is 885 g/mol. The number of nitrogens with zero attached hydrogens (tertiary/aromatic N) is 2. The van der Waals surface area contributed by atoms with Crippen molar-refractivity contribution in [3.8, 4) is 46.0 Å². The number of hydrogen-bond acceptors (Lipinski definition) is 12. The zero-order valence-electron chi connectivity index (χ0n) is 37.5. The van der Waals surface area contributed by atoms with Crippen LogP contribution in [-0.4, -0.2) is 52.9 Å². The summed E-state index contributed by atoms with van der Waals surface area (Å²) in [6.45, 7) is 4.07. The molecule has 4 aliphatic rings. The Kier molecular flexibility index (Phi) is 8.56. The maximum absolute atomic E-state index is 6.89. The van der Waals surface area contributed by atoms with Crippen molar-refractivity contribution < 1.29 is 46.7 Å². The number of ether oxygens (including phenoxy) is 8. The Morgan fingerprint density at radius 3 is 1.07 bits per heavy atom. The van der Waals surface area contributed by atoms with E-state index < -0.39 is 0 Å². The van der Waals surface area contributed by atoms with E-state index in [0.717, 1.165) is 123 Å². The summed E-state index contributed by atoms with van der Waals surface area (Å²) in [5.41, 5.74) is 8.67. The van der Waals surface area contributed by atoms with Gasteiger partial charge in [-0.05, 0) is 131 Å². The van der Waals surface area contributed by atoms with Crippen LogP contribution in [0.25, 0.3) is 65.4 Å². The Morgan fingerprint density at radius 1 is 0.257 bits per heavy atom. The Morgan fingerprint density at radius 2 is 0.629 bits per heavy atom. The quantitative estimate of drug-likeness (QED) is 0.158. The molecule has 6 heterocycles. The summed E-state index contributed by atoms with van der Waals surface area (Å²) in [4.78, 5) is 4.39. The molecule has 0 unspecified atom stereocenters. The SMILES string of the molecule is c1cc2c(cc1N(c1ccc3c(c1)OCCO3)c1ccc3cc4c(cc3c1)oc1c4ccc3oc4cc5cc(N(c6ccc7c(c6)OCCO7)c6ccc7c(c6)OCCO7)ccc5cc4c31)OCCO2. The van der Waals surface area contributed by atoms with Crippen LogP contribution in [0.4, 0.5) is 34.1 Å². The Labute approximate surface area is 399 Å². The fourth-order valence-electron chi connectivity index (χ4n) is 10.4. The van der Waals surface area contributed by atoms with Crippen LogP contribution < -0.4 is 47.7 Å². The van der Waals surface area contributed by atoms with E-state index in [1.165, 1.54) is 0 Å². The van der Waals surface area contributed by atoms with Crippen LogP contribution in [0.3, 0.4) is 0 Å². The lowest BCUT2D eigenvalue weighted by Gasteiger charge is -2.29. The van der Waals surface area contributed by atoms with Crippen LogP contribution in [0.2, 0.25) is 0 Å². The molecule has 0 radical (unpaired) electrons. The average Bonchev–Trinajstić information content (AvgIpc) is 3.96. The first-order chi connectivity index (χ1) is 34.6. The first kappa shape index (κ1) is 39.1. The summed E-state index contributed by atoms with van der Waals surface area (Å²) in [7, 11) is 0. The predicted molar refractivity (Wildman–Crippen MR) is 269 cm³/mol. The fourth-order valence-corrected chi connectivity index (χ4v) is 10.4. The Hall–Kier alpha value is -8.90. The number of fused-ring (bicyclic) bond motifs is 13. The van der Waals surface area contributed by atoms with Gasteiger partial charge in [0.2, 0.25) is 0 Å². The van der Waals surface area contributed by atoms with Crippen molar-refractivity contribution in [2.45, 2.75) is 0 Å². The summed E-state index contributed by atoms with van der Waals surface area (Å²) in [6, 6.07) is 50.0. The van der Waals surface area contributed by atoms with Gasteiger partial charge >= 0.3 is 0 Å². The van der Waals surface area contributed by atoms with Gasteiger partial charge in [-0.1, -0.05) is 12.1 Å². The van der Waals surface area contributed by atoms with Gasteiger partial charge in [-0.15, -0.1) is 0 Å². The molecule has 0 bridgehead atoms. The average molecular weight is 925 g/mol. The molecule has 2 aromatic heterocycles. The number of benzene rings is 9. The first-order valence-electron chi connectivity index (χ1n) is 23.5. The number of hydrogen-bond donors (Lipinski definition) is 0. The van der Waals surface area contributed by atoms with E-state index in [0.29, 0.717) is 75.9 Å². The molecule has 0 N–H and O–H groups in total. The minimum Gasteiger partial charge on any atom is -0.486 e. The first-order valence-corrected chi connectivity index (χ1v) is 23.5. The van der Waals surface area contributed by atoms with E-state index in [1.54, 1.807) is 0 Å². The molecule has 0 atom stereocenters. The van der Waals surface area contributed by atoms with E-state index in [9.17, 15) is 0 Å². The van der Waals surface area contributed by atoms with Crippen molar-refractivity contribution in [2.75, 3.05) is 62.7 Å². The van der Waals surface area contributed by atoms with Crippen LogP contribution in [0.15, 0.2) is 154 Å². The van der Waals surface area contributed by atoms with Crippen molar-refractivity contribution in [3.63, 3.8) is 0 Å². The highest BCUT2D eigenvalue weighted by Crippen LogP contribution is 2.48. The summed E-state index contributed by atoms with van der Waals surface area (Å²) in [6.07, 6.45) is 0. The highest BCUT2D eigenvalue weighted by Gasteiger charge is 2.25. The van der Waals surface area contributed by atoms with Gasteiger partial charge in [-0.2, -0.15) is 0 Å². The number of anilines is 6. The Bertz CT molecular complexity index is 3850. The molecule has 12 heteroatoms. The highest BCUT2D eigenvalue weighted by atomic mass is 16.6. The lowest BCUT2D eigenvalue weighted by Crippen LogP contribution is -2.17.